The highest BCUT2D eigenvalue weighted by Crippen LogP contribution is 2.20. The van der Waals surface area contributed by atoms with Crippen LogP contribution in [0.3, 0.4) is 0 Å². The molecule has 0 fully saturated rings. The van der Waals surface area contributed by atoms with Gasteiger partial charge in [0.15, 0.2) is 0 Å². The van der Waals surface area contributed by atoms with Crippen molar-refractivity contribution in [2.45, 2.75) is 45.1 Å². The number of carbonyl (C=O) groups is 1. The van der Waals surface area contributed by atoms with Crippen LogP contribution >= 0.6 is 0 Å². The van der Waals surface area contributed by atoms with Gasteiger partial charge in [0, 0.05) is 17.3 Å². The molecule has 25 heavy (non-hydrogen) atoms. The minimum absolute atomic E-state index is 0.0255. The van der Waals surface area contributed by atoms with Crippen molar-refractivity contribution in [3.05, 3.63) is 59.2 Å². The molecule has 5 nitrogen and oxygen atoms in total. The first kappa shape index (κ1) is 19.0. The molecular weight excluding hydrogens is 336 g/mol. The first-order valence-corrected chi connectivity index (χ1v) is 9.72. The molecule has 0 aliphatic carbocycles. The second-order valence-electron chi connectivity index (χ2n) is 6.23. The Morgan fingerprint density at radius 1 is 1.12 bits per heavy atom. The van der Waals surface area contributed by atoms with Crippen LogP contribution in [0.15, 0.2) is 47.4 Å². The van der Waals surface area contributed by atoms with Gasteiger partial charge < -0.3 is 5.32 Å². The molecule has 0 saturated heterocycles. The van der Waals surface area contributed by atoms with Crippen LogP contribution in [0.1, 0.15) is 41.8 Å². The predicted molar refractivity (Wildman–Crippen MR) is 100 cm³/mol. The minimum Gasteiger partial charge on any atom is -0.350 e. The molecule has 1 unspecified atom stereocenters. The second kappa shape index (κ2) is 7.70. The third-order valence-corrected chi connectivity index (χ3v) is 5.40. The molecule has 0 aliphatic rings. The van der Waals surface area contributed by atoms with Crippen LogP contribution in [0, 0.1) is 13.8 Å². The van der Waals surface area contributed by atoms with Crippen LogP contribution in [0.2, 0.25) is 0 Å². The third-order valence-electron chi connectivity index (χ3n) is 4.02. The number of hydrogen-bond donors (Lipinski definition) is 2. The highest BCUT2D eigenvalue weighted by atomic mass is 32.2. The number of nitrogens with one attached hydrogen (secondary N) is 2. The summed E-state index contributed by atoms with van der Waals surface area (Å²) in [6, 6.07) is 11.7. The van der Waals surface area contributed by atoms with Crippen molar-refractivity contribution in [2.24, 2.45) is 0 Å². The molecule has 6 heteroatoms. The van der Waals surface area contributed by atoms with E-state index in [-0.39, 0.29) is 16.8 Å². The van der Waals surface area contributed by atoms with Gasteiger partial charge in [0.1, 0.15) is 0 Å². The van der Waals surface area contributed by atoms with Gasteiger partial charge in [-0.1, -0.05) is 25.1 Å². The van der Waals surface area contributed by atoms with Gasteiger partial charge >= 0.3 is 0 Å². The molecule has 2 rings (SSSR count). The summed E-state index contributed by atoms with van der Waals surface area (Å²) in [5.74, 6) is -0.264. The van der Waals surface area contributed by atoms with Gasteiger partial charge in [0.05, 0.1) is 4.90 Å². The zero-order valence-corrected chi connectivity index (χ0v) is 15.8. The lowest BCUT2D eigenvalue weighted by Crippen LogP contribution is -2.32. The predicted octanol–water partition coefficient (Wildman–Crippen LogP) is 3.63. The number of carbonyl (C=O) groups excluding carboxylic acids is 1. The van der Waals surface area contributed by atoms with Gasteiger partial charge in [-0.25, -0.2) is 8.42 Å². The smallest absolute Gasteiger partial charge is 0.261 e. The summed E-state index contributed by atoms with van der Waals surface area (Å²) in [5.41, 5.74) is 2.55. The van der Waals surface area contributed by atoms with E-state index in [4.69, 9.17) is 0 Å². The minimum atomic E-state index is -3.77. The molecule has 0 spiro atoms. The summed E-state index contributed by atoms with van der Waals surface area (Å²) in [6.45, 7) is 7.56. The van der Waals surface area contributed by atoms with E-state index in [9.17, 15) is 13.2 Å². The maximum absolute atomic E-state index is 12.6. The fourth-order valence-electron chi connectivity index (χ4n) is 2.34. The van der Waals surface area contributed by atoms with Gasteiger partial charge in [-0.2, -0.15) is 0 Å². The van der Waals surface area contributed by atoms with Crippen molar-refractivity contribution in [3.63, 3.8) is 0 Å². The lowest BCUT2D eigenvalue weighted by atomic mass is 10.1. The lowest BCUT2D eigenvalue weighted by molar-refractivity contribution is 0.0938. The van der Waals surface area contributed by atoms with Gasteiger partial charge in [-0.05, 0) is 62.6 Å². The molecule has 0 bridgehead atoms. The fourth-order valence-corrected chi connectivity index (χ4v) is 3.41. The Morgan fingerprint density at radius 2 is 1.84 bits per heavy atom. The topological polar surface area (TPSA) is 75.3 Å². The lowest BCUT2D eigenvalue weighted by Gasteiger charge is -2.14. The van der Waals surface area contributed by atoms with E-state index in [1.807, 2.05) is 26.8 Å². The van der Waals surface area contributed by atoms with E-state index in [2.05, 4.69) is 10.0 Å². The largest absolute Gasteiger partial charge is 0.350 e. The molecule has 1 amide bonds. The first-order chi connectivity index (χ1) is 11.7. The second-order valence-corrected chi connectivity index (χ2v) is 7.92. The summed E-state index contributed by atoms with van der Waals surface area (Å²) < 4.78 is 27.8. The quantitative estimate of drug-likeness (QED) is 0.826. The van der Waals surface area contributed by atoms with E-state index in [1.54, 1.807) is 31.2 Å². The van der Waals surface area contributed by atoms with E-state index >= 15 is 0 Å². The molecule has 0 saturated carbocycles. The number of sulfonamides is 1. The van der Waals surface area contributed by atoms with Crippen molar-refractivity contribution < 1.29 is 13.2 Å². The molecule has 0 aromatic heterocycles. The average molecular weight is 360 g/mol. The molecule has 0 aliphatic heterocycles. The Hall–Kier alpha value is -2.34. The molecule has 0 heterocycles. The summed E-state index contributed by atoms with van der Waals surface area (Å²) in [4.78, 5) is 12.5. The Balaban J connectivity index is 2.32. The number of rotatable bonds is 6. The Labute approximate surface area is 149 Å². The highest BCUT2D eigenvalue weighted by molar-refractivity contribution is 7.92. The van der Waals surface area contributed by atoms with Crippen LogP contribution in [0.4, 0.5) is 5.69 Å². The monoisotopic (exact) mass is 360 g/mol. The number of benzene rings is 2. The van der Waals surface area contributed by atoms with Crippen LogP contribution < -0.4 is 10.0 Å². The van der Waals surface area contributed by atoms with E-state index in [1.165, 1.54) is 12.1 Å². The van der Waals surface area contributed by atoms with Crippen LogP contribution in [0.25, 0.3) is 0 Å². The van der Waals surface area contributed by atoms with Crippen molar-refractivity contribution in [2.75, 3.05) is 4.72 Å². The van der Waals surface area contributed by atoms with E-state index < -0.39 is 10.0 Å². The summed E-state index contributed by atoms with van der Waals surface area (Å²) in [5, 5.41) is 2.87. The molecule has 0 radical (unpaired) electrons. The zero-order chi connectivity index (χ0) is 18.6. The van der Waals surface area contributed by atoms with Gasteiger partial charge in [-0.15, -0.1) is 0 Å². The van der Waals surface area contributed by atoms with Crippen LogP contribution in [-0.2, 0) is 10.0 Å². The maximum atomic E-state index is 12.6. The first-order valence-electron chi connectivity index (χ1n) is 8.24. The molecule has 1 atom stereocenters. The number of hydrogen-bond acceptors (Lipinski definition) is 3. The standard InChI is InChI=1S/C19H24N2O3S/c1-5-15(4)20-19(22)18-12-17(10-9-14(18)3)25(23,24)21-16-8-6-7-13(2)11-16/h6-12,15,21H,5H2,1-4H3,(H,20,22). The van der Waals surface area contributed by atoms with Gasteiger partial charge in [0.2, 0.25) is 0 Å². The molecular formula is C19H24N2O3S. The van der Waals surface area contributed by atoms with E-state index in [0.29, 0.717) is 11.3 Å². The molecule has 134 valence electrons. The summed E-state index contributed by atoms with van der Waals surface area (Å²) in [7, 11) is -3.77. The highest BCUT2D eigenvalue weighted by Gasteiger charge is 2.19. The fraction of sp³-hybridized carbons (Fsp3) is 0.316. The Bertz CT molecular complexity index is 876. The normalized spacial score (nSPS) is 12.5. The number of amides is 1. The van der Waals surface area contributed by atoms with E-state index in [0.717, 1.165) is 17.5 Å². The van der Waals surface area contributed by atoms with Crippen molar-refractivity contribution in [1.29, 1.82) is 0 Å². The Morgan fingerprint density at radius 3 is 2.48 bits per heavy atom. The van der Waals surface area contributed by atoms with Crippen molar-refractivity contribution in [1.82, 2.24) is 5.32 Å². The maximum Gasteiger partial charge on any atom is 0.261 e. The summed E-state index contributed by atoms with van der Waals surface area (Å²) >= 11 is 0. The molecule has 2 N–H and O–H groups in total. The van der Waals surface area contributed by atoms with Crippen molar-refractivity contribution >= 4 is 21.6 Å². The van der Waals surface area contributed by atoms with Crippen LogP contribution in [-0.4, -0.2) is 20.4 Å². The van der Waals surface area contributed by atoms with Crippen molar-refractivity contribution in [3.8, 4) is 0 Å². The number of anilines is 1. The van der Waals surface area contributed by atoms with Crippen LogP contribution in [0.5, 0.6) is 0 Å². The SMILES string of the molecule is CCC(C)NC(=O)c1cc(S(=O)(=O)Nc2cccc(C)c2)ccc1C. The van der Waals surface area contributed by atoms with Gasteiger partial charge in [-0.3, -0.25) is 9.52 Å². The zero-order valence-electron chi connectivity index (χ0n) is 15.0. The summed E-state index contributed by atoms with van der Waals surface area (Å²) in [6.07, 6.45) is 0.803. The average Bonchev–Trinajstić information content (AvgIpc) is 2.54. The number of aryl methyl sites for hydroxylation is 2. The van der Waals surface area contributed by atoms with Gasteiger partial charge in [0.25, 0.3) is 15.9 Å². The molecule has 2 aromatic carbocycles. The molecule has 2 aromatic rings. The Kier molecular flexibility index (Phi) is 5.85. The third kappa shape index (κ3) is 4.82.